The van der Waals surface area contributed by atoms with Crippen molar-refractivity contribution in [3.8, 4) is 0 Å². The van der Waals surface area contributed by atoms with Gasteiger partial charge < -0.3 is 0 Å². The predicted octanol–water partition coefficient (Wildman–Crippen LogP) is 3.76. The molecular weight excluding hydrogens is 222 g/mol. The van der Waals surface area contributed by atoms with Gasteiger partial charge in [-0.3, -0.25) is 0 Å². The van der Waals surface area contributed by atoms with E-state index in [1.54, 1.807) is 6.92 Å². The fourth-order valence-corrected chi connectivity index (χ4v) is 1.93. The Morgan fingerprint density at radius 1 is 1.60 bits per heavy atom. The van der Waals surface area contributed by atoms with Gasteiger partial charge in [0.15, 0.2) is 0 Å². The molecule has 1 heterocycles. The molecule has 0 saturated carbocycles. The molecule has 0 aliphatic heterocycles. The normalized spacial score (nSPS) is 10.9. The lowest BCUT2D eigenvalue weighted by molar-refractivity contribution is 0.151. The fraction of sp³-hybridized carbons (Fsp3) is 0.333. The summed E-state index contributed by atoms with van der Waals surface area (Å²) in [4.78, 5) is 0. The summed E-state index contributed by atoms with van der Waals surface area (Å²) < 4.78 is 24.8. The maximum atomic E-state index is 12.0. The van der Waals surface area contributed by atoms with Crippen molar-refractivity contribution in [2.75, 3.05) is 0 Å². The Labute approximate surface area is 70.0 Å². The summed E-state index contributed by atoms with van der Waals surface area (Å²) in [6.07, 6.45) is -2.34. The lowest BCUT2D eigenvalue weighted by atomic mass is 10.2. The van der Waals surface area contributed by atoms with Crippen molar-refractivity contribution in [2.24, 2.45) is 0 Å². The monoisotopic (exact) mass is 226 g/mol. The molecule has 0 aromatic carbocycles. The molecule has 0 saturated heterocycles. The molecule has 0 nitrogen and oxygen atoms in total. The number of rotatable bonds is 1. The van der Waals surface area contributed by atoms with Gasteiger partial charge >= 0.3 is 0 Å². The van der Waals surface area contributed by atoms with E-state index in [4.69, 9.17) is 0 Å². The van der Waals surface area contributed by atoms with Crippen molar-refractivity contribution >= 4 is 27.3 Å². The largest absolute Gasteiger partial charge is 0.264 e. The van der Waals surface area contributed by atoms with Crippen LogP contribution in [-0.4, -0.2) is 0 Å². The second kappa shape index (κ2) is 2.96. The number of hydrogen-bond acceptors (Lipinski definition) is 1. The van der Waals surface area contributed by atoms with Crippen LogP contribution >= 0.6 is 27.3 Å². The quantitative estimate of drug-likeness (QED) is 0.685. The predicted molar refractivity (Wildman–Crippen MR) is 41.7 cm³/mol. The van der Waals surface area contributed by atoms with Gasteiger partial charge in [0.05, 0.1) is 3.79 Å². The van der Waals surface area contributed by atoms with Gasteiger partial charge in [0.25, 0.3) is 6.43 Å². The molecule has 0 radical (unpaired) electrons. The number of alkyl halides is 2. The minimum atomic E-state index is -2.34. The maximum Gasteiger partial charge on any atom is 0.264 e. The summed E-state index contributed by atoms with van der Waals surface area (Å²) >= 11 is 4.47. The summed E-state index contributed by atoms with van der Waals surface area (Å²) in [5, 5.41) is 1.48. The van der Waals surface area contributed by atoms with E-state index in [9.17, 15) is 8.78 Å². The van der Waals surface area contributed by atoms with Gasteiger partial charge in [-0.25, -0.2) is 8.78 Å². The summed E-state index contributed by atoms with van der Waals surface area (Å²) in [5.41, 5.74) is 0.789. The van der Waals surface area contributed by atoms with Crippen molar-refractivity contribution in [2.45, 2.75) is 13.3 Å². The molecule has 0 N–H and O–H groups in total. The van der Waals surface area contributed by atoms with Gasteiger partial charge in [0, 0.05) is 10.9 Å². The highest BCUT2D eigenvalue weighted by molar-refractivity contribution is 9.11. The van der Waals surface area contributed by atoms with Crippen LogP contribution in [0.3, 0.4) is 0 Å². The lowest BCUT2D eigenvalue weighted by Crippen LogP contribution is -1.82. The lowest BCUT2D eigenvalue weighted by Gasteiger charge is -1.95. The van der Waals surface area contributed by atoms with Crippen LogP contribution in [0.4, 0.5) is 8.78 Å². The Bertz CT molecular complexity index is 232. The first-order valence-electron chi connectivity index (χ1n) is 2.64. The van der Waals surface area contributed by atoms with Crippen LogP contribution < -0.4 is 0 Å². The number of hydrogen-bond donors (Lipinski definition) is 0. The minimum Gasteiger partial charge on any atom is -0.205 e. The topological polar surface area (TPSA) is 0 Å². The molecule has 0 aliphatic carbocycles. The molecule has 1 aromatic heterocycles. The van der Waals surface area contributed by atoms with Crippen molar-refractivity contribution < 1.29 is 8.78 Å². The molecule has 0 aliphatic rings. The standard InChI is InChI=1S/C6H5BrF2S/c1-3-4(6(8)9)2-10-5(3)7/h2,6H,1H3. The smallest absolute Gasteiger partial charge is 0.205 e. The molecule has 1 aromatic rings. The number of thiophene rings is 1. The van der Waals surface area contributed by atoms with E-state index in [1.165, 1.54) is 16.7 Å². The van der Waals surface area contributed by atoms with Gasteiger partial charge in [-0.1, -0.05) is 0 Å². The average molecular weight is 227 g/mol. The molecular formula is C6H5BrF2S. The van der Waals surface area contributed by atoms with E-state index < -0.39 is 6.43 Å². The molecule has 0 unspecified atom stereocenters. The molecule has 1 rings (SSSR count). The Hall–Kier alpha value is 0.0400. The third kappa shape index (κ3) is 1.37. The van der Waals surface area contributed by atoms with E-state index in [0.717, 1.165) is 3.79 Å². The van der Waals surface area contributed by atoms with E-state index in [2.05, 4.69) is 15.9 Å². The Morgan fingerprint density at radius 3 is 2.40 bits per heavy atom. The molecule has 0 amide bonds. The van der Waals surface area contributed by atoms with E-state index in [-0.39, 0.29) is 5.56 Å². The van der Waals surface area contributed by atoms with Crippen LogP contribution in [0.2, 0.25) is 0 Å². The van der Waals surface area contributed by atoms with Crippen molar-refractivity contribution in [1.82, 2.24) is 0 Å². The average Bonchev–Trinajstić information content (AvgIpc) is 2.14. The van der Waals surface area contributed by atoms with Gasteiger partial charge in [0.1, 0.15) is 0 Å². The van der Waals surface area contributed by atoms with Crippen LogP contribution in [0.15, 0.2) is 9.17 Å². The van der Waals surface area contributed by atoms with E-state index >= 15 is 0 Å². The summed E-state index contributed by atoms with van der Waals surface area (Å²) in [5.74, 6) is 0. The van der Waals surface area contributed by atoms with Crippen LogP contribution in [0.5, 0.6) is 0 Å². The summed E-state index contributed by atoms with van der Waals surface area (Å²) in [7, 11) is 0. The first-order chi connectivity index (χ1) is 4.63. The van der Waals surface area contributed by atoms with Crippen LogP contribution in [0.1, 0.15) is 17.6 Å². The van der Waals surface area contributed by atoms with Crippen LogP contribution in [-0.2, 0) is 0 Å². The van der Waals surface area contributed by atoms with E-state index in [1.807, 2.05) is 0 Å². The Morgan fingerprint density at radius 2 is 2.20 bits per heavy atom. The molecule has 0 atom stereocenters. The van der Waals surface area contributed by atoms with Gasteiger partial charge in [-0.05, 0) is 28.4 Å². The molecule has 4 heteroatoms. The second-order valence-corrected chi connectivity index (χ2v) is 4.09. The highest BCUT2D eigenvalue weighted by atomic mass is 79.9. The molecule has 0 bridgehead atoms. The third-order valence-electron chi connectivity index (χ3n) is 1.25. The Balaban J connectivity index is 3.05. The second-order valence-electron chi connectivity index (χ2n) is 1.89. The SMILES string of the molecule is Cc1c(C(F)F)csc1Br. The highest BCUT2D eigenvalue weighted by Crippen LogP contribution is 2.33. The summed E-state index contributed by atoms with van der Waals surface area (Å²) in [6.45, 7) is 1.68. The molecule has 0 fully saturated rings. The summed E-state index contributed by atoms with van der Waals surface area (Å²) in [6, 6.07) is 0. The molecule has 10 heavy (non-hydrogen) atoms. The molecule has 56 valence electrons. The minimum absolute atomic E-state index is 0.136. The van der Waals surface area contributed by atoms with Crippen LogP contribution in [0, 0.1) is 6.92 Å². The van der Waals surface area contributed by atoms with Gasteiger partial charge in [0.2, 0.25) is 0 Å². The third-order valence-corrected chi connectivity index (χ3v) is 3.29. The highest BCUT2D eigenvalue weighted by Gasteiger charge is 2.13. The fourth-order valence-electron chi connectivity index (χ4n) is 0.621. The van der Waals surface area contributed by atoms with Crippen molar-refractivity contribution in [3.05, 3.63) is 20.3 Å². The van der Waals surface area contributed by atoms with Crippen molar-refractivity contribution in [1.29, 1.82) is 0 Å². The van der Waals surface area contributed by atoms with Gasteiger partial charge in [-0.2, -0.15) is 0 Å². The zero-order valence-electron chi connectivity index (χ0n) is 5.20. The molecule has 0 spiro atoms. The van der Waals surface area contributed by atoms with E-state index in [0.29, 0.717) is 5.56 Å². The first kappa shape index (κ1) is 8.14. The number of halogens is 3. The zero-order valence-corrected chi connectivity index (χ0v) is 7.60. The zero-order chi connectivity index (χ0) is 7.72. The Kier molecular flexibility index (Phi) is 2.41. The maximum absolute atomic E-state index is 12.0. The van der Waals surface area contributed by atoms with Gasteiger partial charge in [-0.15, -0.1) is 11.3 Å². The van der Waals surface area contributed by atoms with Crippen molar-refractivity contribution in [3.63, 3.8) is 0 Å². The first-order valence-corrected chi connectivity index (χ1v) is 4.32. The van der Waals surface area contributed by atoms with Crippen LogP contribution in [0.25, 0.3) is 0 Å².